The van der Waals surface area contributed by atoms with Gasteiger partial charge in [0.05, 0.1) is 0 Å². The Kier molecular flexibility index (Phi) is 2.84. The molecule has 1 aromatic heterocycles. The summed E-state index contributed by atoms with van der Waals surface area (Å²) in [5.41, 5.74) is 0. The summed E-state index contributed by atoms with van der Waals surface area (Å²) in [6, 6.07) is 2.43. The first-order chi connectivity index (χ1) is 8.33. The molecule has 1 aromatic rings. The van der Waals surface area contributed by atoms with Crippen LogP contribution in [0.4, 0.5) is 0 Å². The molecule has 2 fully saturated rings. The van der Waals surface area contributed by atoms with Crippen LogP contribution in [-0.4, -0.2) is 46.3 Å². The number of nitrogens with one attached hydrogen (secondary N) is 1. The number of hydrogen-bond acceptors (Lipinski definition) is 3. The highest BCUT2D eigenvalue weighted by molar-refractivity contribution is 5.76. The Labute approximate surface area is 101 Å². The minimum atomic E-state index is 0.261. The summed E-state index contributed by atoms with van der Waals surface area (Å²) in [6.07, 6.45) is 5.41. The first-order valence-corrected chi connectivity index (χ1v) is 6.31. The molecule has 3 rings (SSSR count). The summed E-state index contributed by atoms with van der Waals surface area (Å²) in [4.78, 5) is 14.0. The molecule has 1 amide bonds. The van der Waals surface area contributed by atoms with E-state index >= 15 is 0 Å². The monoisotopic (exact) mass is 234 g/mol. The molecule has 1 N–H and O–H groups in total. The van der Waals surface area contributed by atoms with Crippen LogP contribution in [0.15, 0.2) is 18.5 Å². The Bertz CT molecular complexity index is 377. The molecule has 0 radical (unpaired) electrons. The van der Waals surface area contributed by atoms with Crippen molar-refractivity contribution in [1.29, 1.82) is 0 Å². The number of amides is 1. The lowest BCUT2D eigenvalue weighted by atomic mass is 10.1. The van der Waals surface area contributed by atoms with Gasteiger partial charge in [-0.25, -0.2) is 0 Å². The fourth-order valence-electron chi connectivity index (χ4n) is 2.85. The number of rotatable bonds is 3. The van der Waals surface area contributed by atoms with E-state index in [0.29, 0.717) is 24.9 Å². The minimum Gasteiger partial charge on any atom is -0.341 e. The van der Waals surface area contributed by atoms with Gasteiger partial charge in [0.2, 0.25) is 5.91 Å². The van der Waals surface area contributed by atoms with Gasteiger partial charge >= 0.3 is 0 Å². The second-order valence-corrected chi connectivity index (χ2v) is 4.93. The van der Waals surface area contributed by atoms with Crippen LogP contribution in [0, 0.1) is 5.92 Å². The average Bonchev–Trinajstić information content (AvgIpc) is 3.01. The molecular weight excluding hydrogens is 216 g/mol. The molecule has 5 nitrogen and oxygen atoms in total. The average molecular weight is 234 g/mol. The number of fused-ring (bicyclic) bond motifs is 1. The van der Waals surface area contributed by atoms with E-state index in [2.05, 4.69) is 10.4 Å². The van der Waals surface area contributed by atoms with Crippen LogP contribution in [0.5, 0.6) is 0 Å². The normalized spacial score (nSPS) is 27.4. The van der Waals surface area contributed by atoms with Crippen LogP contribution < -0.4 is 5.32 Å². The van der Waals surface area contributed by atoms with Gasteiger partial charge in [0.1, 0.15) is 0 Å². The first kappa shape index (κ1) is 10.8. The zero-order chi connectivity index (χ0) is 11.7. The standard InChI is InChI=1S/C12H18N4O/c17-12(3-7-16-6-1-4-14-16)15-8-10-2-5-13-11(10)9-15/h1,4,6,10-11,13H,2-3,5,7-9H2/t10-,11+/m0/s1. The number of carbonyl (C=O) groups excluding carboxylic acids is 1. The molecule has 0 spiro atoms. The van der Waals surface area contributed by atoms with E-state index in [-0.39, 0.29) is 5.91 Å². The third-order valence-electron chi connectivity index (χ3n) is 3.83. The van der Waals surface area contributed by atoms with Crippen LogP contribution in [-0.2, 0) is 11.3 Å². The smallest absolute Gasteiger partial charge is 0.224 e. The number of hydrogen-bond donors (Lipinski definition) is 1. The van der Waals surface area contributed by atoms with Crippen molar-refractivity contribution in [3.05, 3.63) is 18.5 Å². The number of nitrogens with zero attached hydrogens (tertiary/aromatic N) is 3. The molecule has 0 aromatic carbocycles. The molecule has 3 heterocycles. The molecule has 0 saturated carbocycles. The summed E-state index contributed by atoms with van der Waals surface area (Å²) in [5, 5.41) is 7.57. The largest absolute Gasteiger partial charge is 0.341 e. The molecular formula is C12H18N4O. The van der Waals surface area contributed by atoms with Crippen molar-refractivity contribution in [2.75, 3.05) is 19.6 Å². The van der Waals surface area contributed by atoms with Crippen molar-refractivity contribution in [3.63, 3.8) is 0 Å². The second-order valence-electron chi connectivity index (χ2n) is 4.93. The lowest BCUT2D eigenvalue weighted by Crippen LogP contribution is -2.34. The van der Waals surface area contributed by atoms with Gasteiger partial charge < -0.3 is 10.2 Å². The van der Waals surface area contributed by atoms with E-state index in [1.807, 2.05) is 21.8 Å². The van der Waals surface area contributed by atoms with E-state index in [9.17, 15) is 4.79 Å². The molecule has 0 unspecified atom stereocenters. The Balaban J connectivity index is 1.50. The van der Waals surface area contributed by atoms with E-state index < -0.39 is 0 Å². The van der Waals surface area contributed by atoms with Crippen molar-refractivity contribution in [2.24, 2.45) is 5.92 Å². The predicted molar refractivity (Wildman–Crippen MR) is 63.3 cm³/mol. The van der Waals surface area contributed by atoms with Crippen LogP contribution in [0.1, 0.15) is 12.8 Å². The SMILES string of the molecule is O=C(CCn1cccn1)N1C[C@@H]2CCN[C@@H]2C1. The summed E-state index contributed by atoms with van der Waals surface area (Å²) >= 11 is 0. The van der Waals surface area contributed by atoms with Crippen molar-refractivity contribution < 1.29 is 4.79 Å². The number of likely N-dealkylation sites (tertiary alicyclic amines) is 1. The lowest BCUT2D eigenvalue weighted by Gasteiger charge is -2.17. The molecule has 92 valence electrons. The third-order valence-corrected chi connectivity index (χ3v) is 3.83. The van der Waals surface area contributed by atoms with Gasteiger partial charge in [0.15, 0.2) is 0 Å². The number of carbonyl (C=O) groups is 1. The Morgan fingerprint density at radius 1 is 1.47 bits per heavy atom. The van der Waals surface area contributed by atoms with E-state index in [4.69, 9.17) is 0 Å². The fourth-order valence-corrected chi connectivity index (χ4v) is 2.85. The summed E-state index contributed by atoms with van der Waals surface area (Å²) in [7, 11) is 0. The molecule has 2 aliphatic rings. The van der Waals surface area contributed by atoms with Gasteiger partial charge in [-0.1, -0.05) is 0 Å². The summed E-state index contributed by atoms with van der Waals surface area (Å²) in [6.45, 7) is 3.63. The molecule has 17 heavy (non-hydrogen) atoms. The maximum atomic E-state index is 12.0. The molecule has 2 atom stereocenters. The minimum absolute atomic E-state index is 0.261. The molecule has 5 heteroatoms. The van der Waals surface area contributed by atoms with Crippen molar-refractivity contribution >= 4 is 5.91 Å². The summed E-state index contributed by atoms with van der Waals surface area (Å²) in [5.74, 6) is 0.945. The van der Waals surface area contributed by atoms with Gasteiger partial charge in [-0.2, -0.15) is 5.10 Å². The van der Waals surface area contributed by atoms with Crippen molar-refractivity contribution in [1.82, 2.24) is 20.0 Å². The Morgan fingerprint density at radius 3 is 3.18 bits per heavy atom. The van der Waals surface area contributed by atoms with Crippen LogP contribution in [0.3, 0.4) is 0 Å². The molecule has 2 saturated heterocycles. The fraction of sp³-hybridized carbons (Fsp3) is 0.667. The third kappa shape index (κ3) is 2.20. The van der Waals surface area contributed by atoms with Crippen molar-refractivity contribution in [2.45, 2.75) is 25.4 Å². The first-order valence-electron chi connectivity index (χ1n) is 6.31. The van der Waals surface area contributed by atoms with Crippen molar-refractivity contribution in [3.8, 4) is 0 Å². The highest BCUT2D eigenvalue weighted by Crippen LogP contribution is 2.24. The summed E-state index contributed by atoms with van der Waals surface area (Å²) < 4.78 is 1.81. The predicted octanol–water partition coefficient (Wildman–Crippen LogP) is 0.0935. The van der Waals surface area contributed by atoms with E-state index in [1.54, 1.807) is 6.20 Å². The van der Waals surface area contributed by atoms with Crippen LogP contribution in [0.2, 0.25) is 0 Å². The molecule has 0 bridgehead atoms. The zero-order valence-electron chi connectivity index (χ0n) is 9.88. The Morgan fingerprint density at radius 2 is 2.41 bits per heavy atom. The van der Waals surface area contributed by atoms with Gasteiger partial charge in [0.25, 0.3) is 0 Å². The Hall–Kier alpha value is -1.36. The second kappa shape index (κ2) is 4.49. The maximum Gasteiger partial charge on any atom is 0.224 e. The van der Waals surface area contributed by atoms with E-state index in [0.717, 1.165) is 19.6 Å². The number of aryl methyl sites for hydroxylation is 1. The molecule has 0 aliphatic carbocycles. The topological polar surface area (TPSA) is 50.2 Å². The maximum absolute atomic E-state index is 12.0. The number of aromatic nitrogens is 2. The van der Waals surface area contributed by atoms with Crippen LogP contribution >= 0.6 is 0 Å². The molecule has 2 aliphatic heterocycles. The lowest BCUT2D eigenvalue weighted by molar-refractivity contribution is -0.130. The highest BCUT2D eigenvalue weighted by Gasteiger charge is 2.37. The van der Waals surface area contributed by atoms with Gasteiger partial charge in [-0.15, -0.1) is 0 Å². The van der Waals surface area contributed by atoms with Crippen LogP contribution in [0.25, 0.3) is 0 Å². The van der Waals surface area contributed by atoms with Gasteiger partial charge in [0, 0.05) is 44.5 Å². The van der Waals surface area contributed by atoms with Gasteiger partial charge in [-0.3, -0.25) is 9.48 Å². The van der Waals surface area contributed by atoms with E-state index in [1.165, 1.54) is 6.42 Å². The highest BCUT2D eigenvalue weighted by atomic mass is 16.2. The van der Waals surface area contributed by atoms with Gasteiger partial charge in [-0.05, 0) is 24.9 Å². The zero-order valence-corrected chi connectivity index (χ0v) is 9.88. The quantitative estimate of drug-likeness (QED) is 0.806.